The maximum absolute atomic E-state index is 12.0. The second-order valence-electron chi connectivity index (χ2n) is 4.48. The molecule has 0 fully saturated rings. The number of esters is 2. The van der Waals surface area contributed by atoms with Crippen molar-refractivity contribution in [3.05, 3.63) is 29.3 Å². The van der Waals surface area contributed by atoms with Crippen LogP contribution in [0.3, 0.4) is 0 Å². The third-order valence-corrected chi connectivity index (χ3v) is 2.95. The molecule has 0 aromatic heterocycles. The molecule has 0 aliphatic heterocycles. The summed E-state index contributed by atoms with van der Waals surface area (Å²) in [5.74, 6) is 0.106. The van der Waals surface area contributed by atoms with Crippen molar-refractivity contribution in [2.75, 3.05) is 27.4 Å². The highest BCUT2D eigenvalue weighted by Crippen LogP contribution is 2.27. The van der Waals surface area contributed by atoms with Crippen LogP contribution in [-0.2, 0) is 19.1 Å². The molecule has 0 spiro atoms. The molecule has 1 aromatic carbocycles. The Balaban J connectivity index is 3.16. The minimum absolute atomic E-state index is 0.165. The Morgan fingerprint density at radius 3 is 2.30 bits per heavy atom. The van der Waals surface area contributed by atoms with Gasteiger partial charge < -0.3 is 18.9 Å². The molecule has 0 aliphatic carbocycles. The molecular weight excluding hydrogens is 300 g/mol. The SMILES string of the molecule is CCOC(=O)C/C(=C\c1ccc(OC)cc1OC)C(=O)OCC. The molecular formula is C17H22O6. The molecule has 0 bridgehead atoms. The molecule has 0 radical (unpaired) electrons. The fourth-order valence-electron chi connectivity index (χ4n) is 1.90. The number of hydrogen-bond donors (Lipinski definition) is 0. The van der Waals surface area contributed by atoms with Gasteiger partial charge in [0, 0.05) is 17.2 Å². The van der Waals surface area contributed by atoms with Gasteiger partial charge in [-0.2, -0.15) is 0 Å². The average molecular weight is 322 g/mol. The van der Waals surface area contributed by atoms with Crippen LogP contribution in [0.5, 0.6) is 11.5 Å². The van der Waals surface area contributed by atoms with Gasteiger partial charge in [-0.1, -0.05) is 0 Å². The molecule has 0 saturated carbocycles. The maximum Gasteiger partial charge on any atom is 0.334 e. The van der Waals surface area contributed by atoms with E-state index in [0.29, 0.717) is 17.1 Å². The van der Waals surface area contributed by atoms with Gasteiger partial charge in [0.1, 0.15) is 11.5 Å². The number of carbonyl (C=O) groups excluding carboxylic acids is 2. The van der Waals surface area contributed by atoms with Crippen LogP contribution in [0.15, 0.2) is 23.8 Å². The van der Waals surface area contributed by atoms with Gasteiger partial charge in [-0.3, -0.25) is 4.79 Å². The second kappa shape index (κ2) is 9.50. The van der Waals surface area contributed by atoms with Gasteiger partial charge in [-0.15, -0.1) is 0 Å². The summed E-state index contributed by atoms with van der Waals surface area (Å²) < 4.78 is 20.3. The summed E-state index contributed by atoms with van der Waals surface area (Å²) in [5, 5.41) is 0. The number of methoxy groups -OCH3 is 2. The first-order valence-electron chi connectivity index (χ1n) is 7.31. The Hall–Kier alpha value is -2.50. The minimum Gasteiger partial charge on any atom is -0.497 e. The van der Waals surface area contributed by atoms with Crippen molar-refractivity contribution in [1.29, 1.82) is 0 Å². The Morgan fingerprint density at radius 1 is 1.04 bits per heavy atom. The lowest BCUT2D eigenvalue weighted by Gasteiger charge is -2.10. The van der Waals surface area contributed by atoms with Crippen LogP contribution in [0.25, 0.3) is 6.08 Å². The molecule has 0 N–H and O–H groups in total. The first kappa shape index (κ1) is 18.5. The van der Waals surface area contributed by atoms with Crippen LogP contribution in [0, 0.1) is 0 Å². The summed E-state index contributed by atoms with van der Waals surface area (Å²) in [6.45, 7) is 3.88. The standard InChI is InChI=1S/C17H22O6/c1-5-22-16(18)10-13(17(19)23-6-2)9-12-7-8-14(20-3)11-15(12)21-4/h7-9,11H,5-6,10H2,1-4H3/b13-9+. The Labute approximate surface area is 136 Å². The van der Waals surface area contributed by atoms with Gasteiger partial charge in [0.15, 0.2) is 0 Å². The van der Waals surface area contributed by atoms with Crippen molar-refractivity contribution in [3.8, 4) is 11.5 Å². The third-order valence-electron chi connectivity index (χ3n) is 2.95. The molecule has 0 atom stereocenters. The Bertz CT molecular complexity index is 576. The largest absolute Gasteiger partial charge is 0.497 e. The molecule has 6 heteroatoms. The normalized spacial score (nSPS) is 10.9. The molecule has 1 rings (SSSR count). The lowest BCUT2D eigenvalue weighted by molar-refractivity contribution is -0.145. The fraction of sp³-hybridized carbons (Fsp3) is 0.412. The molecule has 0 unspecified atom stereocenters. The Morgan fingerprint density at radius 2 is 1.74 bits per heavy atom. The summed E-state index contributed by atoms with van der Waals surface area (Å²) in [6.07, 6.45) is 1.40. The molecule has 0 aliphatic rings. The zero-order valence-electron chi connectivity index (χ0n) is 13.9. The van der Waals surface area contributed by atoms with E-state index in [2.05, 4.69) is 0 Å². The lowest BCUT2D eigenvalue weighted by Crippen LogP contribution is -2.13. The van der Waals surface area contributed by atoms with Crippen molar-refractivity contribution in [3.63, 3.8) is 0 Å². The van der Waals surface area contributed by atoms with Gasteiger partial charge >= 0.3 is 11.9 Å². The van der Waals surface area contributed by atoms with Crippen molar-refractivity contribution >= 4 is 18.0 Å². The van der Waals surface area contributed by atoms with Crippen LogP contribution in [0.1, 0.15) is 25.8 Å². The molecule has 6 nitrogen and oxygen atoms in total. The van der Waals surface area contributed by atoms with E-state index in [-0.39, 0.29) is 25.2 Å². The zero-order valence-corrected chi connectivity index (χ0v) is 13.9. The van der Waals surface area contributed by atoms with Gasteiger partial charge in [0.05, 0.1) is 33.9 Å². The van der Waals surface area contributed by atoms with Crippen LogP contribution in [0.2, 0.25) is 0 Å². The number of ether oxygens (including phenoxy) is 4. The van der Waals surface area contributed by atoms with E-state index < -0.39 is 11.9 Å². The highest BCUT2D eigenvalue weighted by Gasteiger charge is 2.17. The molecule has 23 heavy (non-hydrogen) atoms. The molecule has 0 heterocycles. The number of benzene rings is 1. The summed E-state index contributed by atoms with van der Waals surface area (Å²) >= 11 is 0. The summed E-state index contributed by atoms with van der Waals surface area (Å²) in [6, 6.07) is 5.17. The van der Waals surface area contributed by atoms with Crippen molar-refractivity contribution in [2.24, 2.45) is 0 Å². The third kappa shape index (κ3) is 5.65. The highest BCUT2D eigenvalue weighted by atomic mass is 16.5. The molecule has 0 saturated heterocycles. The minimum atomic E-state index is -0.557. The first-order chi connectivity index (χ1) is 11.0. The Kier molecular flexibility index (Phi) is 7.66. The fourth-order valence-corrected chi connectivity index (χ4v) is 1.90. The second-order valence-corrected chi connectivity index (χ2v) is 4.48. The van der Waals surface area contributed by atoms with E-state index in [1.54, 1.807) is 45.2 Å². The van der Waals surface area contributed by atoms with Crippen molar-refractivity contribution in [1.82, 2.24) is 0 Å². The number of carbonyl (C=O) groups is 2. The van der Waals surface area contributed by atoms with Gasteiger partial charge in [0.25, 0.3) is 0 Å². The van der Waals surface area contributed by atoms with E-state index in [4.69, 9.17) is 18.9 Å². The monoisotopic (exact) mass is 322 g/mol. The van der Waals surface area contributed by atoms with Gasteiger partial charge in [-0.05, 0) is 32.1 Å². The maximum atomic E-state index is 12.0. The topological polar surface area (TPSA) is 71.1 Å². The van der Waals surface area contributed by atoms with E-state index in [9.17, 15) is 9.59 Å². The summed E-state index contributed by atoms with van der Waals surface area (Å²) in [7, 11) is 3.07. The predicted molar refractivity (Wildman–Crippen MR) is 85.4 cm³/mol. The highest BCUT2D eigenvalue weighted by molar-refractivity contribution is 5.98. The molecule has 1 aromatic rings. The quantitative estimate of drug-likeness (QED) is 0.541. The first-order valence-corrected chi connectivity index (χ1v) is 7.31. The van der Waals surface area contributed by atoms with Crippen LogP contribution >= 0.6 is 0 Å². The van der Waals surface area contributed by atoms with Crippen LogP contribution in [0.4, 0.5) is 0 Å². The van der Waals surface area contributed by atoms with E-state index in [0.717, 1.165) is 0 Å². The number of hydrogen-bond acceptors (Lipinski definition) is 6. The van der Waals surface area contributed by atoms with Crippen LogP contribution < -0.4 is 9.47 Å². The predicted octanol–water partition coefficient (Wildman–Crippen LogP) is 2.60. The summed E-state index contributed by atoms with van der Waals surface area (Å²) in [4.78, 5) is 23.7. The van der Waals surface area contributed by atoms with Crippen molar-refractivity contribution < 1.29 is 28.5 Å². The molecule has 126 valence electrons. The summed E-state index contributed by atoms with van der Waals surface area (Å²) in [5.41, 5.74) is 0.842. The molecule has 0 amide bonds. The van der Waals surface area contributed by atoms with Gasteiger partial charge in [-0.25, -0.2) is 4.79 Å². The van der Waals surface area contributed by atoms with Crippen molar-refractivity contribution in [2.45, 2.75) is 20.3 Å². The van der Waals surface area contributed by atoms with Crippen LogP contribution in [-0.4, -0.2) is 39.4 Å². The zero-order chi connectivity index (χ0) is 17.2. The lowest BCUT2D eigenvalue weighted by atomic mass is 10.1. The van der Waals surface area contributed by atoms with E-state index in [1.165, 1.54) is 7.11 Å². The van der Waals surface area contributed by atoms with E-state index >= 15 is 0 Å². The average Bonchev–Trinajstić information content (AvgIpc) is 2.54. The number of rotatable bonds is 8. The van der Waals surface area contributed by atoms with Gasteiger partial charge in [0.2, 0.25) is 0 Å². The van der Waals surface area contributed by atoms with E-state index in [1.807, 2.05) is 0 Å². The smallest absolute Gasteiger partial charge is 0.334 e.